The van der Waals surface area contributed by atoms with Crippen LogP contribution in [-0.2, 0) is 6.18 Å². The van der Waals surface area contributed by atoms with Gasteiger partial charge in [0.1, 0.15) is 0 Å². The second kappa shape index (κ2) is 5.86. The van der Waals surface area contributed by atoms with Gasteiger partial charge in [0, 0.05) is 11.6 Å². The molecule has 2 heterocycles. The largest absolute Gasteiger partial charge is 0.492 e. The van der Waals surface area contributed by atoms with Gasteiger partial charge in [-0.1, -0.05) is 17.7 Å². The lowest BCUT2D eigenvalue weighted by molar-refractivity contribution is -0.137. The van der Waals surface area contributed by atoms with Crippen molar-refractivity contribution in [1.29, 1.82) is 0 Å². The average molecular weight is 374 g/mol. The minimum absolute atomic E-state index is 0.0701. The van der Waals surface area contributed by atoms with Crippen molar-refractivity contribution in [3.05, 3.63) is 40.5 Å². The van der Waals surface area contributed by atoms with Crippen LogP contribution >= 0.6 is 23.4 Å². The van der Waals surface area contributed by atoms with Crippen molar-refractivity contribution in [2.75, 3.05) is 6.26 Å². The molecule has 3 aromatic rings. The zero-order valence-electron chi connectivity index (χ0n) is 12.5. The summed E-state index contributed by atoms with van der Waals surface area (Å²) in [7, 11) is 0. The highest BCUT2D eigenvalue weighted by Crippen LogP contribution is 2.36. The number of alkyl halides is 3. The summed E-state index contributed by atoms with van der Waals surface area (Å²) in [6, 6.07) is 4.61. The monoisotopic (exact) mass is 373 g/mol. The van der Waals surface area contributed by atoms with Crippen LogP contribution in [-0.4, -0.2) is 26.0 Å². The Hall–Kier alpha value is -1.93. The number of thioether (sulfide) groups is 1. The van der Waals surface area contributed by atoms with Gasteiger partial charge in [0.25, 0.3) is 0 Å². The lowest BCUT2D eigenvalue weighted by Crippen LogP contribution is -2.04. The predicted octanol–water partition coefficient (Wildman–Crippen LogP) is 4.80. The fraction of sp³-hybridized carbons (Fsp3) is 0.200. The first kappa shape index (κ1) is 16.9. The van der Waals surface area contributed by atoms with Crippen LogP contribution in [0.1, 0.15) is 11.3 Å². The van der Waals surface area contributed by atoms with Crippen LogP contribution in [0.4, 0.5) is 13.2 Å². The maximum absolute atomic E-state index is 12.7. The number of halogens is 4. The van der Waals surface area contributed by atoms with Crippen molar-refractivity contribution >= 4 is 29.0 Å². The molecule has 0 saturated carbocycles. The van der Waals surface area contributed by atoms with Crippen molar-refractivity contribution in [2.45, 2.75) is 18.0 Å². The number of rotatable bonds is 2. The third kappa shape index (κ3) is 2.80. The minimum atomic E-state index is -4.47. The molecule has 0 fully saturated rings. The number of benzene rings is 1. The summed E-state index contributed by atoms with van der Waals surface area (Å²) in [5.74, 6) is -0.0701. The van der Waals surface area contributed by atoms with Gasteiger partial charge in [0.15, 0.2) is 5.65 Å². The molecule has 4 nitrogen and oxygen atoms in total. The number of aromatic hydroxyl groups is 1. The van der Waals surface area contributed by atoms with Crippen molar-refractivity contribution < 1.29 is 18.3 Å². The van der Waals surface area contributed by atoms with Gasteiger partial charge >= 0.3 is 6.18 Å². The number of aryl methyl sites for hydroxylation is 1. The second-order valence-electron chi connectivity index (χ2n) is 5.05. The SMILES string of the molecule is CSc1c(C)nc2cc(-c3ccc(C(F)(F)F)cc3Cl)nn2c1O. The maximum Gasteiger partial charge on any atom is 0.416 e. The molecular formula is C15H11ClF3N3OS. The molecule has 0 spiro atoms. The van der Waals surface area contributed by atoms with E-state index in [1.165, 1.54) is 22.3 Å². The van der Waals surface area contributed by atoms with Gasteiger partial charge in [-0.2, -0.15) is 22.8 Å². The van der Waals surface area contributed by atoms with Crippen molar-refractivity contribution in [1.82, 2.24) is 14.6 Å². The zero-order chi connectivity index (χ0) is 17.6. The van der Waals surface area contributed by atoms with E-state index < -0.39 is 11.7 Å². The Balaban J connectivity index is 2.15. The molecule has 9 heteroatoms. The van der Waals surface area contributed by atoms with Crippen molar-refractivity contribution in [2.24, 2.45) is 0 Å². The third-order valence-electron chi connectivity index (χ3n) is 3.48. The van der Waals surface area contributed by atoms with Gasteiger partial charge in [-0.3, -0.25) is 0 Å². The molecule has 0 aliphatic heterocycles. The van der Waals surface area contributed by atoms with Crippen molar-refractivity contribution in [3.63, 3.8) is 0 Å². The highest BCUT2D eigenvalue weighted by molar-refractivity contribution is 7.98. The lowest BCUT2D eigenvalue weighted by Gasteiger charge is -2.08. The summed E-state index contributed by atoms with van der Waals surface area (Å²) < 4.78 is 39.4. The molecule has 0 aliphatic rings. The Bertz CT molecular complexity index is 940. The van der Waals surface area contributed by atoms with E-state index in [-0.39, 0.29) is 10.9 Å². The average Bonchev–Trinajstić information content (AvgIpc) is 2.90. The van der Waals surface area contributed by atoms with E-state index in [1.54, 1.807) is 19.2 Å². The molecule has 0 saturated heterocycles. The summed E-state index contributed by atoms with van der Waals surface area (Å²) in [6.07, 6.45) is -2.67. The number of hydrogen-bond donors (Lipinski definition) is 1. The van der Waals surface area contributed by atoms with Crippen LogP contribution < -0.4 is 0 Å². The molecule has 24 heavy (non-hydrogen) atoms. The molecule has 1 N–H and O–H groups in total. The molecule has 0 amide bonds. The van der Waals surface area contributed by atoms with Crippen LogP contribution in [0, 0.1) is 6.92 Å². The standard InChI is InChI=1S/C15H11ClF3N3OS/c1-7-13(24-2)14(23)22-12(20-7)6-11(21-22)9-4-3-8(5-10(9)16)15(17,18)19/h3-6,23H,1-2H3. The first-order valence-electron chi connectivity index (χ1n) is 6.73. The predicted molar refractivity (Wildman–Crippen MR) is 86.6 cm³/mol. The van der Waals surface area contributed by atoms with Gasteiger partial charge < -0.3 is 5.11 Å². The maximum atomic E-state index is 12.7. The molecule has 0 atom stereocenters. The summed E-state index contributed by atoms with van der Waals surface area (Å²) in [6.45, 7) is 1.75. The molecule has 0 unspecified atom stereocenters. The fourth-order valence-corrected chi connectivity index (χ4v) is 3.24. The smallest absolute Gasteiger partial charge is 0.416 e. The van der Waals surface area contributed by atoms with Crippen LogP contribution in [0.2, 0.25) is 5.02 Å². The van der Waals surface area contributed by atoms with E-state index in [9.17, 15) is 18.3 Å². The Morgan fingerprint density at radius 3 is 2.54 bits per heavy atom. The number of nitrogens with zero attached hydrogens (tertiary/aromatic N) is 3. The normalized spacial score (nSPS) is 12.1. The van der Waals surface area contributed by atoms with E-state index in [4.69, 9.17) is 11.6 Å². The molecule has 0 bridgehead atoms. The van der Waals surface area contributed by atoms with E-state index in [0.29, 0.717) is 27.5 Å². The Morgan fingerprint density at radius 1 is 1.25 bits per heavy atom. The van der Waals surface area contributed by atoms with Gasteiger partial charge in [-0.05, 0) is 25.3 Å². The minimum Gasteiger partial charge on any atom is -0.492 e. The van der Waals surface area contributed by atoms with Crippen molar-refractivity contribution in [3.8, 4) is 17.1 Å². The molecular weight excluding hydrogens is 363 g/mol. The number of hydrogen-bond acceptors (Lipinski definition) is 4. The Kier molecular flexibility index (Phi) is 4.13. The van der Waals surface area contributed by atoms with Crippen LogP contribution in [0.15, 0.2) is 29.2 Å². The topological polar surface area (TPSA) is 50.4 Å². The number of aromatic nitrogens is 3. The van der Waals surface area contributed by atoms with Gasteiger partial charge in [-0.25, -0.2) is 4.98 Å². The van der Waals surface area contributed by atoms with E-state index >= 15 is 0 Å². The first-order chi connectivity index (χ1) is 11.2. The second-order valence-corrected chi connectivity index (χ2v) is 6.27. The summed E-state index contributed by atoms with van der Waals surface area (Å²) >= 11 is 7.32. The molecule has 0 aliphatic carbocycles. The van der Waals surface area contributed by atoms with E-state index in [2.05, 4.69) is 10.1 Å². The van der Waals surface area contributed by atoms with E-state index in [0.717, 1.165) is 12.1 Å². The van der Waals surface area contributed by atoms with Gasteiger partial charge in [-0.15, -0.1) is 11.8 Å². The highest BCUT2D eigenvalue weighted by Gasteiger charge is 2.31. The Morgan fingerprint density at radius 2 is 1.96 bits per heavy atom. The third-order valence-corrected chi connectivity index (χ3v) is 4.68. The van der Waals surface area contributed by atoms with Gasteiger partial charge in [0.2, 0.25) is 5.88 Å². The quantitative estimate of drug-likeness (QED) is 0.655. The molecule has 3 rings (SSSR count). The summed E-state index contributed by atoms with van der Waals surface area (Å²) in [5, 5.41) is 14.4. The first-order valence-corrected chi connectivity index (χ1v) is 8.33. The molecule has 2 aromatic heterocycles. The summed E-state index contributed by atoms with van der Waals surface area (Å²) in [4.78, 5) is 4.92. The Labute approximate surface area is 144 Å². The van der Waals surface area contributed by atoms with E-state index in [1.807, 2.05) is 0 Å². The zero-order valence-corrected chi connectivity index (χ0v) is 14.1. The van der Waals surface area contributed by atoms with Crippen LogP contribution in [0.5, 0.6) is 5.88 Å². The van der Waals surface area contributed by atoms with Crippen LogP contribution in [0.25, 0.3) is 16.9 Å². The number of fused-ring (bicyclic) bond motifs is 1. The van der Waals surface area contributed by atoms with Crippen LogP contribution in [0.3, 0.4) is 0 Å². The molecule has 1 aromatic carbocycles. The fourth-order valence-electron chi connectivity index (χ4n) is 2.36. The highest BCUT2D eigenvalue weighted by atomic mass is 35.5. The van der Waals surface area contributed by atoms with Gasteiger partial charge in [0.05, 0.1) is 26.9 Å². The lowest BCUT2D eigenvalue weighted by atomic mass is 10.1. The molecule has 126 valence electrons. The summed E-state index contributed by atoms with van der Waals surface area (Å²) in [5.41, 5.74) is 0.847. The molecule has 0 radical (unpaired) electrons.